The lowest BCUT2D eigenvalue weighted by Crippen LogP contribution is -2.21. The fourth-order valence-electron chi connectivity index (χ4n) is 1.73. The minimum Gasteiger partial charge on any atom is -0.373 e. The number of rotatable bonds is 4. The van der Waals surface area contributed by atoms with Gasteiger partial charge in [0.05, 0.1) is 4.99 Å². The van der Waals surface area contributed by atoms with Crippen molar-refractivity contribution in [2.24, 2.45) is 0 Å². The summed E-state index contributed by atoms with van der Waals surface area (Å²) in [6.45, 7) is 8.06. The van der Waals surface area contributed by atoms with E-state index in [0.717, 1.165) is 24.3 Å². The van der Waals surface area contributed by atoms with Crippen LogP contribution in [0.15, 0.2) is 36.0 Å². The van der Waals surface area contributed by atoms with Gasteiger partial charge >= 0.3 is 0 Å². The van der Waals surface area contributed by atoms with Crippen LogP contribution in [0.3, 0.4) is 0 Å². The highest BCUT2D eigenvalue weighted by atomic mass is 32.1. The summed E-state index contributed by atoms with van der Waals surface area (Å²) < 4.78 is 0. The molecule has 0 bridgehead atoms. The normalized spacial score (nSPS) is 24.4. The van der Waals surface area contributed by atoms with Crippen LogP contribution in [-0.4, -0.2) is 11.0 Å². The molecule has 0 radical (unpaired) electrons. The van der Waals surface area contributed by atoms with E-state index in [4.69, 9.17) is 12.2 Å². The van der Waals surface area contributed by atoms with E-state index in [1.54, 1.807) is 0 Å². The molecule has 0 spiro atoms. The minimum atomic E-state index is 0.416. The molecule has 82 valence electrons. The van der Waals surface area contributed by atoms with E-state index < -0.39 is 0 Å². The third-order valence-corrected chi connectivity index (χ3v) is 2.99. The Hall–Kier alpha value is -0.890. The van der Waals surface area contributed by atoms with Crippen LogP contribution < -0.4 is 5.32 Å². The van der Waals surface area contributed by atoms with Gasteiger partial charge in [0.15, 0.2) is 0 Å². The second kappa shape index (κ2) is 5.86. The van der Waals surface area contributed by atoms with Gasteiger partial charge in [0.2, 0.25) is 0 Å². The van der Waals surface area contributed by atoms with E-state index >= 15 is 0 Å². The predicted octanol–water partition coefficient (Wildman–Crippen LogP) is 3.53. The van der Waals surface area contributed by atoms with E-state index in [1.807, 2.05) is 6.08 Å². The first-order valence-corrected chi connectivity index (χ1v) is 5.87. The first-order chi connectivity index (χ1) is 7.17. The molecule has 1 N–H and O–H groups in total. The average molecular weight is 221 g/mol. The zero-order chi connectivity index (χ0) is 11.3. The SMILES string of the molecule is C=C/C=C(/CC)C/C=C1/CC(=S)NC1C. The van der Waals surface area contributed by atoms with Crippen molar-refractivity contribution in [2.45, 2.75) is 39.2 Å². The Balaban J connectivity index is 2.60. The molecule has 0 aromatic heterocycles. The number of allylic oxidation sites excluding steroid dienone is 4. The molecule has 0 aliphatic carbocycles. The highest BCUT2D eigenvalue weighted by Crippen LogP contribution is 2.19. The van der Waals surface area contributed by atoms with Gasteiger partial charge in [-0.2, -0.15) is 0 Å². The number of nitrogens with one attached hydrogen (secondary N) is 1. The Morgan fingerprint density at radius 3 is 2.87 bits per heavy atom. The second-order valence-electron chi connectivity index (χ2n) is 3.86. The second-order valence-corrected chi connectivity index (χ2v) is 4.36. The maximum atomic E-state index is 5.15. The van der Waals surface area contributed by atoms with E-state index in [0.29, 0.717) is 6.04 Å². The van der Waals surface area contributed by atoms with Gasteiger partial charge in [-0.05, 0) is 25.3 Å². The summed E-state index contributed by atoms with van der Waals surface area (Å²) in [6, 6.07) is 0.416. The topological polar surface area (TPSA) is 12.0 Å². The molecular weight excluding hydrogens is 202 g/mol. The summed E-state index contributed by atoms with van der Waals surface area (Å²) in [4.78, 5) is 0.972. The quantitative estimate of drug-likeness (QED) is 0.443. The molecule has 1 rings (SSSR count). The first-order valence-electron chi connectivity index (χ1n) is 5.46. The van der Waals surface area contributed by atoms with Gasteiger partial charge in [0.1, 0.15) is 0 Å². The van der Waals surface area contributed by atoms with Gasteiger partial charge in [-0.1, -0.05) is 49.5 Å². The van der Waals surface area contributed by atoms with Crippen LogP contribution in [0.2, 0.25) is 0 Å². The van der Waals surface area contributed by atoms with Crippen LogP contribution >= 0.6 is 12.2 Å². The lowest BCUT2D eigenvalue weighted by Gasteiger charge is -2.05. The molecule has 1 unspecified atom stereocenters. The zero-order valence-corrected chi connectivity index (χ0v) is 10.4. The molecule has 2 heteroatoms. The van der Waals surface area contributed by atoms with E-state index in [1.165, 1.54) is 11.1 Å². The summed E-state index contributed by atoms with van der Waals surface area (Å²) >= 11 is 5.15. The maximum absolute atomic E-state index is 5.15. The van der Waals surface area contributed by atoms with Crippen molar-refractivity contribution in [1.29, 1.82) is 0 Å². The van der Waals surface area contributed by atoms with Crippen molar-refractivity contribution >= 4 is 17.2 Å². The number of thiocarbonyl (C=S) groups is 1. The summed E-state index contributed by atoms with van der Waals surface area (Å²) in [6.07, 6.45) is 9.30. The lowest BCUT2D eigenvalue weighted by atomic mass is 10.0. The van der Waals surface area contributed by atoms with Crippen molar-refractivity contribution < 1.29 is 0 Å². The molecule has 0 aromatic rings. The Labute approximate surface area is 98.0 Å². The largest absolute Gasteiger partial charge is 0.373 e. The number of hydrogen-bond acceptors (Lipinski definition) is 1. The van der Waals surface area contributed by atoms with Crippen LogP contribution in [0.4, 0.5) is 0 Å². The highest BCUT2D eigenvalue weighted by Gasteiger charge is 2.18. The summed E-state index contributed by atoms with van der Waals surface area (Å²) in [5.74, 6) is 0. The molecule has 1 fully saturated rings. The standard InChI is InChI=1S/C13H19NS/c1-4-6-11(5-2)7-8-12-9-13(15)14-10(12)3/h4,6,8,10H,1,5,7,9H2,2-3H3,(H,14,15)/b11-6-,12-8-. The van der Waals surface area contributed by atoms with E-state index in [9.17, 15) is 0 Å². The maximum Gasteiger partial charge on any atom is 0.0799 e. The Kier molecular flexibility index (Phi) is 4.76. The smallest absolute Gasteiger partial charge is 0.0799 e. The molecule has 0 aromatic carbocycles. The van der Waals surface area contributed by atoms with Gasteiger partial charge < -0.3 is 5.32 Å². The van der Waals surface area contributed by atoms with Gasteiger partial charge in [-0.3, -0.25) is 0 Å². The molecule has 1 aliphatic heterocycles. The molecule has 0 saturated carbocycles. The Morgan fingerprint density at radius 1 is 1.67 bits per heavy atom. The van der Waals surface area contributed by atoms with Crippen molar-refractivity contribution in [3.63, 3.8) is 0 Å². The Morgan fingerprint density at radius 2 is 2.40 bits per heavy atom. The predicted molar refractivity (Wildman–Crippen MR) is 71.1 cm³/mol. The molecule has 1 aliphatic rings. The molecule has 15 heavy (non-hydrogen) atoms. The van der Waals surface area contributed by atoms with Gasteiger partial charge in [0, 0.05) is 12.5 Å². The monoisotopic (exact) mass is 221 g/mol. The van der Waals surface area contributed by atoms with Gasteiger partial charge in [-0.15, -0.1) is 0 Å². The van der Waals surface area contributed by atoms with Crippen molar-refractivity contribution in [2.75, 3.05) is 0 Å². The van der Waals surface area contributed by atoms with E-state index in [2.05, 4.69) is 37.9 Å². The average Bonchev–Trinajstić information content (AvgIpc) is 2.52. The van der Waals surface area contributed by atoms with Crippen molar-refractivity contribution in [1.82, 2.24) is 5.32 Å². The molecule has 0 amide bonds. The molecule has 1 nitrogen and oxygen atoms in total. The molecule has 1 heterocycles. The van der Waals surface area contributed by atoms with Crippen LogP contribution in [0.5, 0.6) is 0 Å². The van der Waals surface area contributed by atoms with Crippen molar-refractivity contribution in [3.05, 3.63) is 36.0 Å². The van der Waals surface area contributed by atoms with Crippen LogP contribution in [0.1, 0.15) is 33.1 Å². The first kappa shape index (κ1) is 12.2. The van der Waals surface area contributed by atoms with Crippen molar-refractivity contribution in [3.8, 4) is 0 Å². The fraction of sp³-hybridized carbons (Fsp3) is 0.462. The van der Waals surface area contributed by atoms with Crippen LogP contribution in [0, 0.1) is 0 Å². The Bertz CT molecular complexity index is 312. The lowest BCUT2D eigenvalue weighted by molar-refractivity contribution is 0.805. The fourth-order valence-corrected chi connectivity index (χ4v) is 2.08. The number of hydrogen-bond donors (Lipinski definition) is 1. The van der Waals surface area contributed by atoms with Gasteiger partial charge in [-0.25, -0.2) is 0 Å². The highest BCUT2D eigenvalue weighted by molar-refractivity contribution is 7.80. The molecular formula is C13H19NS. The third kappa shape index (κ3) is 3.63. The summed E-state index contributed by atoms with van der Waals surface area (Å²) in [5, 5.41) is 3.26. The molecule has 1 atom stereocenters. The summed E-state index contributed by atoms with van der Waals surface area (Å²) in [7, 11) is 0. The minimum absolute atomic E-state index is 0.416. The summed E-state index contributed by atoms with van der Waals surface area (Å²) in [5.41, 5.74) is 2.84. The van der Waals surface area contributed by atoms with Crippen LogP contribution in [-0.2, 0) is 0 Å². The van der Waals surface area contributed by atoms with E-state index in [-0.39, 0.29) is 0 Å². The third-order valence-electron chi connectivity index (χ3n) is 2.73. The molecule has 1 saturated heterocycles. The van der Waals surface area contributed by atoms with Gasteiger partial charge in [0.25, 0.3) is 0 Å². The zero-order valence-electron chi connectivity index (χ0n) is 9.55. The van der Waals surface area contributed by atoms with Crippen LogP contribution in [0.25, 0.3) is 0 Å².